The molecule has 4 rings (SSSR count). The van der Waals surface area contributed by atoms with Crippen LogP contribution in [0.3, 0.4) is 0 Å². The predicted octanol–water partition coefficient (Wildman–Crippen LogP) is 3.02. The largest absolute Gasteiger partial charge is 0.507 e. The molecule has 9 nitrogen and oxygen atoms in total. The van der Waals surface area contributed by atoms with Crippen LogP contribution in [0.1, 0.15) is 37.4 Å². The molecule has 1 aliphatic carbocycles. The summed E-state index contributed by atoms with van der Waals surface area (Å²) >= 11 is 0. The summed E-state index contributed by atoms with van der Waals surface area (Å²) in [4.78, 5) is 36.8. The third-order valence-electron chi connectivity index (χ3n) is 4.84. The van der Waals surface area contributed by atoms with Gasteiger partial charge in [-0.3, -0.25) is 19.7 Å². The Bertz CT molecular complexity index is 1250. The molecule has 0 fully saturated rings. The van der Waals surface area contributed by atoms with Crippen molar-refractivity contribution in [1.82, 2.24) is 0 Å². The Morgan fingerprint density at radius 2 is 1.50 bits per heavy atom. The van der Waals surface area contributed by atoms with E-state index in [1.807, 2.05) is 0 Å². The van der Waals surface area contributed by atoms with Crippen LogP contribution in [0.25, 0.3) is 0 Å². The standard InChI is InChI=1S/C21H14N2O7/c24-9-10-2-1-3-11(8-10)22-12-4-6-14(25)18-16(12)20(27)19-15(26)7-5-13(23(29)30)17(19)21(18)28/h1-8,22,24-26H,9H2. The van der Waals surface area contributed by atoms with Crippen LogP contribution in [-0.4, -0.2) is 31.8 Å². The number of carbonyl (C=O) groups excluding carboxylic acids is 2. The number of nitro groups is 1. The molecule has 0 saturated carbocycles. The van der Waals surface area contributed by atoms with E-state index in [-0.39, 0.29) is 23.4 Å². The first-order chi connectivity index (χ1) is 14.3. The molecule has 150 valence electrons. The summed E-state index contributed by atoms with van der Waals surface area (Å²) in [6, 6.07) is 11.2. The zero-order valence-electron chi connectivity index (χ0n) is 15.2. The van der Waals surface area contributed by atoms with Crippen molar-refractivity contribution in [3.8, 4) is 11.5 Å². The quantitative estimate of drug-likeness (QED) is 0.229. The van der Waals surface area contributed by atoms with Gasteiger partial charge in [0, 0.05) is 11.8 Å². The van der Waals surface area contributed by atoms with E-state index in [9.17, 15) is 35.0 Å². The molecule has 1 aliphatic rings. The first kappa shape index (κ1) is 19.1. The first-order valence-electron chi connectivity index (χ1n) is 8.76. The fourth-order valence-corrected chi connectivity index (χ4v) is 3.51. The van der Waals surface area contributed by atoms with Crippen molar-refractivity contribution in [1.29, 1.82) is 0 Å². The fraction of sp³-hybridized carbons (Fsp3) is 0.0476. The van der Waals surface area contributed by atoms with Gasteiger partial charge in [-0.2, -0.15) is 0 Å². The lowest BCUT2D eigenvalue weighted by molar-refractivity contribution is -0.385. The Kier molecular flexibility index (Phi) is 4.44. The molecule has 30 heavy (non-hydrogen) atoms. The Morgan fingerprint density at radius 3 is 2.17 bits per heavy atom. The molecule has 0 aliphatic heterocycles. The molecule has 0 amide bonds. The van der Waals surface area contributed by atoms with Gasteiger partial charge in [-0.1, -0.05) is 12.1 Å². The average molecular weight is 406 g/mol. The number of fused-ring (bicyclic) bond motifs is 2. The second-order valence-electron chi connectivity index (χ2n) is 6.63. The minimum atomic E-state index is -0.938. The molecule has 0 bridgehead atoms. The number of anilines is 2. The minimum absolute atomic E-state index is 0.160. The number of rotatable bonds is 4. The normalized spacial score (nSPS) is 12.3. The maximum absolute atomic E-state index is 13.2. The predicted molar refractivity (Wildman–Crippen MR) is 105 cm³/mol. The average Bonchev–Trinajstić information content (AvgIpc) is 2.72. The Morgan fingerprint density at radius 1 is 0.867 bits per heavy atom. The summed E-state index contributed by atoms with van der Waals surface area (Å²) in [5.74, 6) is -2.86. The molecule has 0 unspecified atom stereocenters. The van der Waals surface area contributed by atoms with E-state index in [0.717, 1.165) is 12.1 Å². The van der Waals surface area contributed by atoms with Crippen LogP contribution in [0.15, 0.2) is 48.5 Å². The SMILES string of the molecule is O=C1c2c(O)ccc([N+](=O)[O-])c2C(=O)c2c(O)ccc(Nc3cccc(CO)c3)c21. The van der Waals surface area contributed by atoms with Crippen molar-refractivity contribution < 1.29 is 29.8 Å². The van der Waals surface area contributed by atoms with E-state index < -0.39 is 44.8 Å². The van der Waals surface area contributed by atoms with Gasteiger partial charge in [-0.05, 0) is 35.9 Å². The summed E-state index contributed by atoms with van der Waals surface area (Å²) in [6.45, 7) is -0.203. The molecule has 4 N–H and O–H groups in total. The summed E-state index contributed by atoms with van der Waals surface area (Å²) in [7, 11) is 0. The van der Waals surface area contributed by atoms with Gasteiger partial charge >= 0.3 is 0 Å². The number of aromatic hydroxyl groups is 2. The number of aliphatic hydroxyl groups excluding tert-OH is 1. The van der Waals surface area contributed by atoms with Gasteiger partial charge in [0.2, 0.25) is 11.6 Å². The van der Waals surface area contributed by atoms with Crippen LogP contribution in [0.2, 0.25) is 0 Å². The van der Waals surface area contributed by atoms with Crippen molar-refractivity contribution in [3.05, 3.63) is 86.5 Å². The number of hydrogen-bond acceptors (Lipinski definition) is 8. The molecule has 0 spiro atoms. The zero-order valence-corrected chi connectivity index (χ0v) is 15.2. The summed E-state index contributed by atoms with van der Waals surface area (Å²) < 4.78 is 0. The number of nitrogens with one attached hydrogen (secondary N) is 1. The topological polar surface area (TPSA) is 150 Å². The van der Waals surface area contributed by atoms with E-state index in [1.165, 1.54) is 12.1 Å². The molecule has 0 saturated heterocycles. The third-order valence-corrected chi connectivity index (χ3v) is 4.84. The number of hydrogen-bond donors (Lipinski definition) is 4. The van der Waals surface area contributed by atoms with Gasteiger partial charge in [0.05, 0.1) is 33.9 Å². The van der Waals surface area contributed by atoms with Gasteiger partial charge < -0.3 is 20.6 Å². The second kappa shape index (κ2) is 6.98. The van der Waals surface area contributed by atoms with Crippen LogP contribution >= 0.6 is 0 Å². The van der Waals surface area contributed by atoms with E-state index in [0.29, 0.717) is 11.3 Å². The molecule has 3 aromatic rings. The van der Waals surface area contributed by atoms with Crippen molar-refractivity contribution in [2.24, 2.45) is 0 Å². The minimum Gasteiger partial charge on any atom is -0.507 e. The number of aliphatic hydroxyl groups is 1. The molecule has 0 aromatic heterocycles. The van der Waals surface area contributed by atoms with Crippen LogP contribution in [0.4, 0.5) is 17.1 Å². The van der Waals surface area contributed by atoms with Crippen molar-refractivity contribution in [3.63, 3.8) is 0 Å². The maximum atomic E-state index is 13.2. The molecule has 3 aromatic carbocycles. The van der Waals surface area contributed by atoms with E-state index >= 15 is 0 Å². The molecule has 0 radical (unpaired) electrons. The van der Waals surface area contributed by atoms with Crippen molar-refractivity contribution >= 4 is 28.6 Å². The van der Waals surface area contributed by atoms with Crippen LogP contribution in [0.5, 0.6) is 11.5 Å². The number of nitro benzene ring substituents is 1. The summed E-state index contributed by atoms with van der Waals surface area (Å²) in [6.07, 6.45) is 0. The molecule has 9 heteroatoms. The third kappa shape index (κ3) is 2.85. The number of nitrogens with zero attached hydrogens (tertiary/aromatic N) is 1. The van der Waals surface area contributed by atoms with E-state index in [2.05, 4.69) is 5.32 Å². The molecule has 0 heterocycles. The number of phenolic OH excluding ortho intramolecular Hbond substituents is 2. The fourth-order valence-electron chi connectivity index (χ4n) is 3.51. The van der Waals surface area contributed by atoms with Crippen molar-refractivity contribution in [2.45, 2.75) is 6.61 Å². The molecule has 0 atom stereocenters. The molecular weight excluding hydrogens is 392 g/mol. The van der Waals surface area contributed by atoms with Crippen molar-refractivity contribution in [2.75, 3.05) is 5.32 Å². The monoisotopic (exact) mass is 406 g/mol. The zero-order chi connectivity index (χ0) is 21.6. The first-order valence-corrected chi connectivity index (χ1v) is 8.76. The number of carbonyl (C=O) groups is 2. The van der Waals surface area contributed by atoms with Gasteiger partial charge in [-0.25, -0.2) is 0 Å². The van der Waals surface area contributed by atoms with E-state index in [4.69, 9.17) is 0 Å². The lowest BCUT2D eigenvalue weighted by Crippen LogP contribution is -2.23. The molecular formula is C21H14N2O7. The maximum Gasteiger partial charge on any atom is 0.281 e. The van der Waals surface area contributed by atoms with Gasteiger partial charge in [0.25, 0.3) is 5.69 Å². The highest BCUT2D eigenvalue weighted by molar-refractivity contribution is 6.33. The smallest absolute Gasteiger partial charge is 0.281 e. The number of benzene rings is 3. The Balaban J connectivity index is 1.93. The van der Waals surface area contributed by atoms with Gasteiger partial charge in [0.1, 0.15) is 17.1 Å². The Labute approximate surface area is 169 Å². The number of phenols is 2. The van der Waals surface area contributed by atoms with Gasteiger partial charge in [0.15, 0.2) is 0 Å². The number of ketones is 2. The second-order valence-corrected chi connectivity index (χ2v) is 6.63. The lowest BCUT2D eigenvalue weighted by atomic mass is 9.81. The van der Waals surface area contributed by atoms with Crippen LogP contribution in [0, 0.1) is 10.1 Å². The lowest BCUT2D eigenvalue weighted by Gasteiger charge is -2.22. The highest BCUT2D eigenvalue weighted by Gasteiger charge is 2.40. The van der Waals surface area contributed by atoms with E-state index in [1.54, 1.807) is 24.3 Å². The van der Waals surface area contributed by atoms with Gasteiger partial charge in [-0.15, -0.1) is 0 Å². The summed E-state index contributed by atoms with van der Waals surface area (Å²) in [5.41, 5.74) is -1.01. The highest BCUT2D eigenvalue weighted by atomic mass is 16.6. The van der Waals surface area contributed by atoms with Crippen LogP contribution < -0.4 is 5.32 Å². The Hall–Kier alpha value is -4.24. The highest BCUT2D eigenvalue weighted by Crippen LogP contribution is 2.43. The summed E-state index contributed by atoms with van der Waals surface area (Å²) in [5, 5.41) is 44.1. The van der Waals surface area contributed by atoms with Crippen LogP contribution in [-0.2, 0) is 6.61 Å².